The predicted octanol–water partition coefficient (Wildman–Crippen LogP) is 4.67. The molecule has 3 aromatic rings. The first kappa shape index (κ1) is 21.5. The van der Waals surface area contributed by atoms with Crippen molar-refractivity contribution in [1.29, 1.82) is 0 Å². The molecule has 0 radical (unpaired) electrons. The van der Waals surface area contributed by atoms with Crippen LogP contribution >= 0.6 is 0 Å². The number of aromatic nitrogens is 2. The van der Waals surface area contributed by atoms with E-state index in [1.54, 1.807) is 18.5 Å². The quantitative estimate of drug-likeness (QED) is 0.651. The molecule has 156 valence electrons. The van der Waals surface area contributed by atoms with Gasteiger partial charge < -0.3 is 9.88 Å². The van der Waals surface area contributed by atoms with Gasteiger partial charge in [-0.2, -0.15) is 0 Å². The number of pyridine rings is 2. The number of rotatable bonds is 6. The highest BCUT2D eigenvalue weighted by molar-refractivity contribution is 6.05. The second kappa shape index (κ2) is 9.08. The first-order valence-electron chi connectivity index (χ1n) is 10.3. The molecular weight excluding hydrogens is 374 g/mol. The van der Waals surface area contributed by atoms with Gasteiger partial charge in [0.25, 0.3) is 5.91 Å². The monoisotopic (exact) mass is 403 g/mol. The second-order valence-electron chi connectivity index (χ2n) is 8.21. The molecule has 0 aliphatic heterocycles. The number of hydrogen-bond donors (Lipinski definition) is 1. The molecular formula is C25H29N3O2. The van der Waals surface area contributed by atoms with Gasteiger partial charge in [-0.05, 0) is 68.0 Å². The predicted molar refractivity (Wildman–Crippen MR) is 121 cm³/mol. The highest BCUT2D eigenvalue weighted by Gasteiger charge is 2.22. The summed E-state index contributed by atoms with van der Waals surface area (Å²) in [7, 11) is 0. The summed E-state index contributed by atoms with van der Waals surface area (Å²) in [6.07, 6.45) is 4.14. The number of carbonyl (C=O) groups excluding carboxylic acids is 1. The van der Waals surface area contributed by atoms with Crippen LogP contribution in [0.1, 0.15) is 52.3 Å². The van der Waals surface area contributed by atoms with Crippen molar-refractivity contribution in [3.05, 3.63) is 92.7 Å². The number of carbonyl (C=O) groups is 1. The smallest absolute Gasteiger partial charge is 0.261 e. The summed E-state index contributed by atoms with van der Waals surface area (Å²) in [5.41, 5.74) is 5.50. The van der Waals surface area contributed by atoms with Crippen molar-refractivity contribution in [3.63, 3.8) is 0 Å². The van der Waals surface area contributed by atoms with E-state index >= 15 is 0 Å². The number of nitrogens with one attached hydrogen (secondary N) is 1. The van der Waals surface area contributed by atoms with Crippen LogP contribution < -0.4 is 10.7 Å². The third kappa shape index (κ3) is 4.67. The van der Waals surface area contributed by atoms with Gasteiger partial charge in [0.05, 0.1) is 0 Å². The van der Waals surface area contributed by atoms with Crippen molar-refractivity contribution in [2.24, 2.45) is 5.92 Å². The van der Waals surface area contributed by atoms with Crippen LogP contribution in [-0.2, 0) is 13.0 Å². The van der Waals surface area contributed by atoms with Crippen LogP contribution in [0.25, 0.3) is 0 Å². The first-order valence-corrected chi connectivity index (χ1v) is 10.3. The standard InChI is InChI=1S/C25H29N3O2/c1-16(2)13-22-24(25(30)27-21-8-6-7-17(3)19(21)5)23(29)14-18(4)28(22)15-20-9-11-26-12-10-20/h6-12,14,16H,13,15H2,1-5H3,(H,27,30). The van der Waals surface area contributed by atoms with Crippen LogP contribution in [0.2, 0.25) is 0 Å². The van der Waals surface area contributed by atoms with Crippen molar-refractivity contribution < 1.29 is 4.79 Å². The Balaban J connectivity index is 2.10. The van der Waals surface area contributed by atoms with Crippen LogP contribution in [0.4, 0.5) is 5.69 Å². The van der Waals surface area contributed by atoms with Gasteiger partial charge in [0, 0.05) is 42.1 Å². The summed E-state index contributed by atoms with van der Waals surface area (Å²) < 4.78 is 2.08. The van der Waals surface area contributed by atoms with Gasteiger partial charge in [0.2, 0.25) is 0 Å². The van der Waals surface area contributed by atoms with Gasteiger partial charge in [-0.3, -0.25) is 14.6 Å². The van der Waals surface area contributed by atoms with Crippen LogP contribution in [-0.4, -0.2) is 15.5 Å². The molecule has 0 aliphatic carbocycles. The summed E-state index contributed by atoms with van der Waals surface area (Å²) in [6, 6.07) is 11.2. The van der Waals surface area contributed by atoms with Crippen LogP contribution in [0.5, 0.6) is 0 Å². The summed E-state index contributed by atoms with van der Waals surface area (Å²) in [5.74, 6) is -0.0602. The molecule has 1 N–H and O–H groups in total. The molecule has 0 spiro atoms. The van der Waals surface area contributed by atoms with Crippen molar-refractivity contribution in [2.45, 2.75) is 47.6 Å². The fourth-order valence-corrected chi connectivity index (χ4v) is 3.63. The van der Waals surface area contributed by atoms with E-state index in [1.807, 2.05) is 51.1 Å². The Hall–Kier alpha value is -3.21. The number of aryl methyl sites for hydroxylation is 2. The van der Waals surface area contributed by atoms with Gasteiger partial charge in [-0.25, -0.2) is 0 Å². The number of hydrogen-bond acceptors (Lipinski definition) is 3. The van der Waals surface area contributed by atoms with Gasteiger partial charge >= 0.3 is 0 Å². The highest BCUT2D eigenvalue weighted by atomic mass is 16.2. The lowest BCUT2D eigenvalue weighted by atomic mass is 10.00. The van der Waals surface area contributed by atoms with Crippen molar-refractivity contribution >= 4 is 11.6 Å². The van der Waals surface area contributed by atoms with E-state index in [9.17, 15) is 9.59 Å². The zero-order valence-electron chi connectivity index (χ0n) is 18.3. The lowest BCUT2D eigenvalue weighted by Gasteiger charge is -2.22. The van der Waals surface area contributed by atoms with E-state index in [-0.39, 0.29) is 16.9 Å². The third-order valence-electron chi connectivity index (χ3n) is 5.40. The van der Waals surface area contributed by atoms with Crippen molar-refractivity contribution in [1.82, 2.24) is 9.55 Å². The minimum Gasteiger partial charge on any atom is -0.343 e. The molecule has 5 heteroatoms. The fourth-order valence-electron chi connectivity index (χ4n) is 3.63. The van der Waals surface area contributed by atoms with E-state index in [0.29, 0.717) is 18.9 Å². The molecule has 30 heavy (non-hydrogen) atoms. The summed E-state index contributed by atoms with van der Waals surface area (Å²) in [6.45, 7) is 10.7. The third-order valence-corrected chi connectivity index (χ3v) is 5.40. The molecule has 1 aromatic carbocycles. The van der Waals surface area contributed by atoms with E-state index in [1.165, 1.54) is 0 Å². The average molecular weight is 404 g/mol. The SMILES string of the molecule is Cc1cccc(NC(=O)c2c(CC(C)C)n(Cc3ccncc3)c(C)cc2=O)c1C. The Bertz CT molecular complexity index is 1120. The van der Waals surface area contributed by atoms with Gasteiger partial charge in [0.1, 0.15) is 5.56 Å². The Morgan fingerprint density at radius 1 is 1.10 bits per heavy atom. The zero-order chi connectivity index (χ0) is 21.8. The molecule has 5 nitrogen and oxygen atoms in total. The molecule has 0 unspecified atom stereocenters. The number of nitrogens with zero attached hydrogens (tertiary/aromatic N) is 2. The molecule has 2 aromatic heterocycles. The molecule has 0 bridgehead atoms. The molecule has 0 fully saturated rings. The van der Waals surface area contributed by atoms with E-state index in [4.69, 9.17) is 0 Å². The Labute approximate surface area is 177 Å². The molecule has 0 saturated heterocycles. The Morgan fingerprint density at radius 2 is 1.80 bits per heavy atom. The molecule has 3 rings (SSSR count). The zero-order valence-corrected chi connectivity index (χ0v) is 18.3. The largest absolute Gasteiger partial charge is 0.343 e. The van der Waals surface area contributed by atoms with Crippen LogP contribution in [0.15, 0.2) is 53.6 Å². The first-order chi connectivity index (χ1) is 14.3. The van der Waals surface area contributed by atoms with Gasteiger partial charge in [-0.15, -0.1) is 0 Å². The maximum Gasteiger partial charge on any atom is 0.261 e. The van der Waals surface area contributed by atoms with Gasteiger partial charge in [-0.1, -0.05) is 26.0 Å². The van der Waals surface area contributed by atoms with Crippen molar-refractivity contribution in [3.8, 4) is 0 Å². The average Bonchev–Trinajstić information content (AvgIpc) is 2.68. The van der Waals surface area contributed by atoms with Crippen LogP contribution in [0.3, 0.4) is 0 Å². The van der Waals surface area contributed by atoms with E-state index in [0.717, 1.165) is 33.8 Å². The minimum absolute atomic E-state index is 0.226. The summed E-state index contributed by atoms with van der Waals surface area (Å²) in [4.78, 5) is 30.3. The summed E-state index contributed by atoms with van der Waals surface area (Å²) in [5, 5.41) is 2.97. The van der Waals surface area contributed by atoms with Gasteiger partial charge in [0.15, 0.2) is 5.43 Å². The lowest BCUT2D eigenvalue weighted by molar-refractivity contribution is 0.102. The molecule has 0 atom stereocenters. The summed E-state index contributed by atoms with van der Waals surface area (Å²) >= 11 is 0. The maximum atomic E-state index is 13.3. The maximum absolute atomic E-state index is 13.3. The Morgan fingerprint density at radius 3 is 2.47 bits per heavy atom. The Kier molecular flexibility index (Phi) is 6.50. The molecule has 0 saturated carbocycles. The second-order valence-corrected chi connectivity index (χ2v) is 8.21. The topological polar surface area (TPSA) is 64.0 Å². The number of amides is 1. The van der Waals surface area contributed by atoms with E-state index < -0.39 is 0 Å². The van der Waals surface area contributed by atoms with Crippen LogP contribution in [0, 0.1) is 26.7 Å². The molecule has 0 aliphatic rings. The number of anilines is 1. The van der Waals surface area contributed by atoms with E-state index in [2.05, 4.69) is 28.7 Å². The molecule has 2 heterocycles. The highest BCUT2D eigenvalue weighted by Crippen LogP contribution is 2.21. The lowest BCUT2D eigenvalue weighted by Crippen LogP contribution is -2.29. The molecule has 1 amide bonds. The number of benzene rings is 1. The fraction of sp³-hybridized carbons (Fsp3) is 0.320. The van der Waals surface area contributed by atoms with Crippen molar-refractivity contribution in [2.75, 3.05) is 5.32 Å². The minimum atomic E-state index is -0.354. The normalized spacial score (nSPS) is 11.0.